The van der Waals surface area contributed by atoms with Gasteiger partial charge in [-0.15, -0.1) is 23.1 Å². The summed E-state index contributed by atoms with van der Waals surface area (Å²) in [5, 5.41) is 5.95. The quantitative estimate of drug-likeness (QED) is 0.519. The average molecular weight is 304 g/mol. The summed E-state index contributed by atoms with van der Waals surface area (Å²) in [5.74, 6) is -0.0882. The van der Waals surface area contributed by atoms with Crippen LogP contribution in [-0.4, -0.2) is 16.9 Å². The van der Waals surface area contributed by atoms with Gasteiger partial charge in [0.1, 0.15) is 0 Å². The van der Waals surface area contributed by atoms with Crippen LogP contribution < -0.4 is 5.43 Å². The van der Waals surface area contributed by atoms with Gasteiger partial charge >= 0.3 is 0 Å². The highest BCUT2D eigenvalue weighted by Crippen LogP contribution is 2.22. The van der Waals surface area contributed by atoms with E-state index < -0.39 is 0 Å². The molecule has 1 aromatic carbocycles. The van der Waals surface area contributed by atoms with Crippen LogP contribution in [0, 0.1) is 0 Å². The van der Waals surface area contributed by atoms with E-state index in [9.17, 15) is 4.79 Å². The van der Waals surface area contributed by atoms with Gasteiger partial charge in [0.05, 0.1) is 11.0 Å². The van der Waals surface area contributed by atoms with Crippen LogP contribution in [0.25, 0.3) is 0 Å². The van der Waals surface area contributed by atoms with Crippen LogP contribution in [0.15, 0.2) is 57.8 Å². The van der Waals surface area contributed by atoms with E-state index in [1.165, 1.54) is 11.8 Å². The molecule has 104 valence electrons. The van der Waals surface area contributed by atoms with Gasteiger partial charge in [0.2, 0.25) is 0 Å². The van der Waals surface area contributed by atoms with Crippen molar-refractivity contribution < 1.29 is 4.79 Å². The van der Waals surface area contributed by atoms with E-state index in [4.69, 9.17) is 0 Å². The molecule has 0 radical (unpaired) electrons. The topological polar surface area (TPSA) is 41.5 Å². The third-order valence-electron chi connectivity index (χ3n) is 2.64. The zero-order valence-electron chi connectivity index (χ0n) is 11.4. The normalized spacial score (nSPS) is 13.0. The lowest BCUT2D eigenvalue weighted by Gasteiger charge is -2.09. The van der Waals surface area contributed by atoms with E-state index in [1.54, 1.807) is 11.3 Å². The first-order valence-electron chi connectivity index (χ1n) is 6.26. The first-order valence-corrected chi connectivity index (χ1v) is 8.02. The van der Waals surface area contributed by atoms with Crippen LogP contribution in [0.2, 0.25) is 0 Å². The number of carbonyl (C=O) groups excluding carboxylic acids is 1. The van der Waals surface area contributed by atoms with E-state index in [0.717, 1.165) is 15.5 Å². The molecule has 1 amide bonds. The minimum atomic E-state index is -0.183. The summed E-state index contributed by atoms with van der Waals surface area (Å²) in [6.45, 7) is 3.77. The van der Waals surface area contributed by atoms with Crippen LogP contribution >= 0.6 is 23.1 Å². The zero-order valence-corrected chi connectivity index (χ0v) is 13.0. The van der Waals surface area contributed by atoms with Crippen molar-refractivity contribution in [3.05, 3.63) is 52.7 Å². The van der Waals surface area contributed by atoms with Gasteiger partial charge in [-0.1, -0.05) is 24.3 Å². The summed E-state index contributed by atoms with van der Waals surface area (Å²) in [4.78, 5) is 14.1. The fourth-order valence-corrected chi connectivity index (χ4v) is 3.09. The molecule has 1 heterocycles. The van der Waals surface area contributed by atoms with Gasteiger partial charge in [0.15, 0.2) is 0 Å². The molecular formula is C15H16N2OS2. The molecule has 0 aliphatic rings. The lowest BCUT2D eigenvalue weighted by atomic mass is 10.3. The largest absolute Gasteiger partial charge is 0.272 e. The minimum absolute atomic E-state index is 0.0882. The van der Waals surface area contributed by atoms with Gasteiger partial charge in [0.25, 0.3) is 5.91 Å². The molecule has 0 spiro atoms. The van der Waals surface area contributed by atoms with Gasteiger partial charge in [-0.05, 0) is 37.4 Å². The molecule has 5 heteroatoms. The van der Waals surface area contributed by atoms with E-state index in [0.29, 0.717) is 0 Å². The van der Waals surface area contributed by atoms with Crippen molar-refractivity contribution in [1.29, 1.82) is 0 Å². The smallest absolute Gasteiger partial charge is 0.253 e. The number of thioether (sulfide) groups is 1. The Labute approximate surface area is 127 Å². The summed E-state index contributed by atoms with van der Waals surface area (Å²) < 4.78 is 0. The first kappa shape index (κ1) is 14.8. The van der Waals surface area contributed by atoms with Gasteiger partial charge in [-0.3, -0.25) is 4.79 Å². The third-order valence-corrected chi connectivity index (χ3v) is 4.73. The summed E-state index contributed by atoms with van der Waals surface area (Å²) in [6, 6.07) is 13.8. The molecule has 1 aromatic heterocycles. The number of hydrogen-bond donors (Lipinski definition) is 1. The minimum Gasteiger partial charge on any atom is -0.272 e. The second-order valence-corrected chi connectivity index (χ2v) is 6.59. The summed E-state index contributed by atoms with van der Waals surface area (Å²) in [7, 11) is 0. The van der Waals surface area contributed by atoms with E-state index in [-0.39, 0.29) is 11.2 Å². The number of thiophene rings is 1. The van der Waals surface area contributed by atoms with Crippen molar-refractivity contribution in [2.45, 2.75) is 24.0 Å². The maximum atomic E-state index is 12.0. The summed E-state index contributed by atoms with van der Waals surface area (Å²) in [5.41, 5.74) is 3.45. The number of nitrogens with zero attached hydrogens (tertiary/aromatic N) is 1. The Balaban J connectivity index is 1.90. The number of hydrogen-bond acceptors (Lipinski definition) is 4. The van der Waals surface area contributed by atoms with Crippen LogP contribution in [0.5, 0.6) is 0 Å². The van der Waals surface area contributed by atoms with Crippen LogP contribution in [-0.2, 0) is 4.79 Å². The predicted octanol–water partition coefficient (Wildman–Crippen LogP) is 3.77. The highest BCUT2D eigenvalue weighted by atomic mass is 32.2. The Morgan fingerprint density at radius 2 is 2.00 bits per heavy atom. The molecule has 1 atom stereocenters. The lowest BCUT2D eigenvalue weighted by molar-refractivity contribution is -0.120. The highest BCUT2D eigenvalue weighted by Gasteiger charge is 2.13. The van der Waals surface area contributed by atoms with Crippen molar-refractivity contribution in [3.8, 4) is 0 Å². The third kappa shape index (κ3) is 4.21. The van der Waals surface area contributed by atoms with Gasteiger partial charge < -0.3 is 0 Å². The van der Waals surface area contributed by atoms with Gasteiger partial charge in [-0.25, -0.2) is 5.43 Å². The Kier molecular flexibility index (Phi) is 5.38. The molecule has 0 saturated heterocycles. The molecule has 0 aliphatic carbocycles. The number of benzene rings is 1. The molecule has 1 N–H and O–H groups in total. The van der Waals surface area contributed by atoms with Crippen molar-refractivity contribution in [2.75, 3.05) is 0 Å². The molecule has 3 nitrogen and oxygen atoms in total. The SMILES string of the molecule is C/C(=N/NC(=O)[C@H](C)Sc1ccccc1)c1cccs1. The van der Waals surface area contributed by atoms with Gasteiger partial charge in [-0.2, -0.15) is 5.10 Å². The van der Waals surface area contributed by atoms with Crippen LogP contribution in [0.4, 0.5) is 0 Å². The standard InChI is InChI=1S/C15H16N2OS2/c1-11(14-9-6-10-19-14)16-17-15(18)12(2)20-13-7-4-3-5-8-13/h3-10,12H,1-2H3,(H,17,18)/b16-11-/t12-/m0/s1. The second-order valence-electron chi connectivity index (χ2n) is 4.22. The molecule has 2 rings (SSSR count). The number of rotatable bonds is 5. The van der Waals surface area contributed by atoms with Gasteiger partial charge in [0, 0.05) is 9.77 Å². The van der Waals surface area contributed by atoms with Crippen molar-refractivity contribution in [1.82, 2.24) is 5.43 Å². The average Bonchev–Trinajstić information content (AvgIpc) is 2.99. The fraction of sp³-hybridized carbons (Fsp3) is 0.200. The second kappa shape index (κ2) is 7.26. The van der Waals surface area contributed by atoms with Crippen molar-refractivity contribution >= 4 is 34.7 Å². The van der Waals surface area contributed by atoms with E-state index >= 15 is 0 Å². The summed E-state index contributed by atoms with van der Waals surface area (Å²) >= 11 is 3.13. The molecular weight excluding hydrogens is 288 g/mol. The summed E-state index contributed by atoms with van der Waals surface area (Å²) in [6.07, 6.45) is 0. The van der Waals surface area contributed by atoms with Crippen LogP contribution in [0.1, 0.15) is 18.7 Å². The zero-order chi connectivity index (χ0) is 14.4. The Bertz CT molecular complexity index is 579. The number of hydrazone groups is 1. The molecule has 0 saturated carbocycles. The molecule has 2 aromatic rings. The predicted molar refractivity (Wildman–Crippen MR) is 86.4 cm³/mol. The first-order chi connectivity index (χ1) is 9.66. The number of nitrogens with one attached hydrogen (secondary N) is 1. The fourth-order valence-electron chi connectivity index (χ4n) is 1.53. The monoisotopic (exact) mass is 304 g/mol. The molecule has 0 aliphatic heterocycles. The highest BCUT2D eigenvalue weighted by molar-refractivity contribution is 8.00. The van der Waals surface area contributed by atoms with E-state index in [2.05, 4.69) is 10.5 Å². The lowest BCUT2D eigenvalue weighted by Crippen LogP contribution is -2.27. The maximum absolute atomic E-state index is 12.0. The van der Waals surface area contributed by atoms with Crippen molar-refractivity contribution in [2.24, 2.45) is 5.10 Å². The maximum Gasteiger partial charge on any atom is 0.253 e. The number of amides is 1. The number of carbonyl (C=O) groups is 1. The van der Waals surface area contributed by atoms with E-state index in [1.807, 2.05) is 61.7 Å². The Morgan fingerprint density at radius 1 is 1.25 bits per heavy atom. The molecule has 0 fully saturated rings. The Hall–Kier alpha value is -1.59. The molecule has 0 bridgehead atoms. The molecule has 20 heavy (non-hydrogen) atoms. The van der Waals surface area contributed by atoms with Crippen LogP contribution in [0.3, 0.4) is 0 Å². The van der Waals surface area contributed by atoms with Crippen molar-refractivity contribution in [3.63, 3.8) is 0 Å². The molecule has 0 unspecified atom stereocenters. The Morgan fingerprint density at radius 3 is 2.65 bits per heavy atom.